The average Bonchev–Trinajstić information content (AvgIpc) is 3.17. The fourth-order valence-electron chi connectivity index (χ4n) is 1.82. The van der Waals surface area contributed by atoms with E-state index >= 15 is 0 Å². The third-order valence-corrected chi connectivity index (χ3v) is 3.83. The largest absolute Gasteiger partial charge is 0.423 e. The lowest BCUT2D eigenvalue weighted by Gasteiger charge is -2.05. The topological polar surface area (TPSA) is 94.0 Å². The van der Waals surface area contributed by atoms with E-state index in [1.807, 2.05) is 24.3 Å². The second-order valence-electron chi connectivity index (χ2n) is 4.34. The highest BCUT2D eigenvalue weighted by molar-refractivity contribution is 7.10. The molecule has 3 rings (SSSR count). The molecule has 7 heteroatoms. The van der Waals surface area contributed by atoms with Gasteiger partial charge < -0.3 is 15.5 Å². The van der Waals surface area contributed by atoms with Crippen molar-refractivity contribution in [1.82, 2.24) is 10.2 Å². The molecule has 0 saturated heterocycles. The zero-order valence-corrected chi connectivity index (χ0v) is 11.8. The zero-order valence-electron chi connectivity index (χ0n) is 10.9. The summed E-state index contributed by atoms with van der Waals surface area (Å²) in [6, 6.07) is 9.47. The Bertz CT molecular complexity index is 735. The van der Waals surface area contributed by atoms with Gasteiger partial charge in [-0.1, -0.05) is 0 Å². The van der Waals surface area contributed by atoms with Crippen LogP contribution in [-0.4, -0.2) is 16.1 Å². The van der Waals surface area contributed by atoms with Crippen LogP contribution >= 0.6 is 11.3 Å². The monoisotopic (exact) mass is 300 g/mol. The van der Waals surface area contributed by atoms with E-state index in [0.29, 0.717) is 18.0 Å². The number of amides is 1. The molecule has 6 nitrogen and oxygen atoms in total. The number of anilines is 1. The molecule has 3 aromatic rings. The molecule has 0 spiro atoms. The van der Waals surface area contributed by atoms with Crippen LogP contribution in [0.25, 0.3) is 11.5 Å². The van der Waals surface area contributed by atoms with Crippen LogP contribution in [0.5, 0.6) is 0 Å². The number of benzene rings is 1. The minimum atomic E-state index is -0.401. The summed E-state index contributed by atoms with van der Waals surface area (Å²) in [5, 5.41) is 12.5. The molecule has 0 aliphatic heterocycles. The lowest BCUT2D eigenvalue weighted by atomic mass is 10.2. The standard InChI is InChI=1S/C14H12N4O2S/c15-13(19)10-5-12(21-7-10)6-16-11-3-1-9(2-4-11)14-18-17-8-20-14/h1-5,7-8,16H,6H2,(H2,15,19). The predicted octanol–water partition coefficient (Wildman–Crippen LogP) is 2.51. The smallest absolute Gasteiger partial charge is 0.249 e. The molecule has 1 aromatic carbocycles. The van der Waals surface area contributed by atoms with Gasteiger partial charge in [0.05, 0.1) is 5.56 Å². The van der Waals surface area contributed by atoms with Gasteiger partial charge in [-0.05, 0) is 30.3 Å². The second-order valence-corrected chi connectivity index (χ2v) is 5.34. The van der Waals surface area contributed by atoms with Crippen molar-refractivity contribution < 1.29 is 9.21 Å². The molecular formula is C14H12N4O2S. The Kier molecular flexibility index (Phi) is 3.65. The maximum atomic E-state index is 11.0. The van der Waals surface area contributed by atoms with Crippen molar-refractivity contribution in [3.8, 4) is 11.5 Å². The molecule has 0 radical (unpaired) electrons. The van der Waals surface area contributed by atoms with Gasteiger partial charge in [-0.25, -0.2) is 0 Å². The summed E-state index contributed by atoms with van der Waals surface area (Å²) >= 11 is 1.50. The van der Waals surface area contributed by atoms with Crippen LogP contribution in [0.2, 0.25) is 0 Å². The molecule has 0 atom stereocenters. The number of nitrogens with one attached hydrogen (secondary N) is 1. The summed E-state index contributed by atoms with van der Waals surface area (Å²) in [4.78, 5) is 12.1. The van der Waals surface area contributed by atoms with Gasteiger partial charge in [-0.2, -0.15) is 0 Å². The Hall–Kier alpha value is -2.67. The number of nitrogens with zero attached hydrogens (tertiary/aromatic N) is 2. The van der Waals surface area contributed by atoms with E-state index in [2.05, 4.69) is 15.5 Å². The first-order chi connectivity index (χ1) is 10.2. The number of hydrogen-bond acceptors (Lipinski definition) is 6. The van der Waals surface area contributed by atoms with Crippen molar-refractivity contribution >= 4 is 22.9 Å². The first kappa shape index (κ1) is 13.3. The lowest BCUT2D eigenvalue weighted by Crippen LogP contribution is -2.09. The van der Waals surface area contributed by atoms with Gasteiger partial charge in [-0.3, -0.25) is 4.79 Å². The van der Waals surface area contributed by atoms with Gasteiger partial charge >= 0.3 is 0 Å². The maximum Gasteiger partial charge on any atom is 0.249 e. The first-order valence-corrected chi connectivity index (χ1v) is 7.08. The third-order valence-electron chi connectivity index (χ3n) is 2.90. The minimum absolute atomic E-state index is 0.401. The Labute approximate surface area is 124 Å². The van der Waals surface area contributed by atoms with E-state index in [0.717, 1.165) is 16.1 Å². The molecule has 2 heterocycles. The second kappa shape index (κ2) is 5.76. The summed E-state index contributed by atoms with van der Waals surface area (Å²) < 4.78 is 5.13. The Morgan fingerprint density at radius 3 is 2.76 bits per heavy atom. The number of thiophene rings is 1. The molecule has 0 unspecified atom stereocenters. The van der Waals surface area contributed by atoms with Crippen molar-refractivity contribution in [2.45, 2.75) is 6.54 Å². The highest BCUT2D eigenvalue weighted by atomic mass is 32.1. The van der Waals surface area contributed by atoms with E-state index in [-0.39, 0.29) is 0 Å². The van der Waals surface area contributed by atoms with Crippen molar-refractivity contribution in [2.24, 2.45) is 5.73 Å². The lowest BCUT2D eigenvalue weighted by molar-refractivity contribution is 0.100. The van der Waals surface area contributed by atoms with Crippen molar-refractivity contribution in [2.75, 3.05) is 5.32 Å². The molecule has 2 aromatic heterocycles. The van der Waals surface area contributed by atoms with Gasteiger partial charge in [0.2, 0.25) is 18.2 Å². The van der Waals surface area contributed by atoms with E-state index < -0.39 is 5.91 Å². The SMILES string of the molecule is NC(=O)c1csc(CNc2ccc(-c3nnco3)cc2)c1. The quantitative estimate of drug-likeness (QED) is 0.755. The molecule has 0 aliphatic carbocycles. The number of carbonyl (C=O) groups excluding carboxylic acids is 1. The van der Waals surface area contributed by atoms with E-state index in [4.69, 9.17) is 10.2 Å². The van der Waals surface area contributed by atoms with Gasteiger partial charge in [0, 0.05) is 28.1 Å². The van der Waals surface area contributed by atoms with E-state index in [1.54, 1.807) is 11.4 Å². The third kappa shape index (κ3) is 3.09. The number of primary amides is 1. The van der Waals surface area contributed by atoms with E-state index in [9.17, 15) is 4.79 Å². The number of nitrogens with two attached hydrogens (primary N) is 1. The molecule has 0 bridgehead atoms. The highest BCUT2D eigenvalue weighted by Gasteiger charge is 2.05. The molecule has 0 fully saturated rings. The minimum Gasteiger partial charge on any atom is -0.423 e. The maximum absolute atomic E-state index is 11.0. The number of aromatic nitrogens is 2. The predicted molar refractivity (Wildman–Crippen MR) is 79.9 cm³/mol. The Balaban J connectivity index is 1.64. The molecule has 106 valence electrons. The molecule has 0 aliphatic rings. The highest BCUT2D eigenvalue weighted by Crippen LogP contribution is 2.20. The van der Waals surface area contributed by atoms with Crippen LogP contribution in [0, 0.1) is 0 Å². The van der Waals surface area contributed by atoms with E-state index in [1.165, 1.54) is 17.7 Å². The number of hydrogen-bond donors (Lipinski definition) is 2. The fraction of sp³-hybridized carbons (Fsp3) is 0.0714. The van der Waals surface area contributed by atoms with Gasteiger partial charge in [-0.15, -0.1) is 21.5 Å². The zero-order chi connectivity index (χ0) is 14.7. The van der Waals surface area contributed by atoms with Crippen LogP contribution < -0.4 is 11.1 Å². The Morgan fingerprint density at radius 2 is 2.14 bits per heavy atom. The van der Waals surface area contributed by atoms with Crippen LogP contribution in [0.1, 0.15) is 15.2 Å². The normalized spacial score (nSPS) is 10.5. The molecule has 1 amide bonds. The van der Waals surface area contributed by atoms with Crippen molar-refractivity contribution in [3.63, 3.8) is 0 Å². The van der Waals surface area contributed by atoms with Crippen molar-refractivity contribution in [3.05, 3.63) is 52.5 Å². The number of carbonyl (C=O) groups is 1. The average molecular weight is 300 g/mol. The number of rotatable bonds is 5. The fourth-order valence-corrected chi connectivity index (χ4v) is 2.63. The summed E-state index contributed by atoms with van der Waals surface area (Å²) in [5.74, 6) is 0.0901. The molecule has 3 N–H and O–H groups in total. The molecule has 21 heavy (non-hydrogen) atoms. The summed E-state index contributed by atoms with van der Waals surface area (Å²) in [6.07, 6.45) is 1.30. The van der Waals surface area contributed by atoms with Gasteiger partial charge in [0.1, 0.15) is 0 Å². The van der Waals surface area contributed by atoms with Crippen LogP contribution in [0.4, 0.5) is 5.69 Å². The van der Waals surface area contributed by atoms with Crippen LogP contribution in [-0.2, 0) is 6.54 Å². The summed E-state index contributed by atoms with van der Waals surface area (Å²) in [5.41, 5.74) is 7.60. The van der Waals surface area contributed by atoms with Gasteiger partial charge in [0.25, 0.3) is 0 Å². The van der Waals surface area contributed by atoms with Crippen molar-refractivity contribution in [1.29, 1.82) is 0 Å². The van der Waals surface area contributed by atoms with Crippen LogP contribution in [0.3, 0.4) is 0 Å². The summed E-state index contributed by atoms with van der Waals surface area (Å²) in [6.45, 7) is 0.637. The Morgan fingerprint density at radius 1 is 1.33 bits per heavy atom. The van der Waals surface area contributed by atoms with Gasteiger partial charge in [0.15, 0.2) is 0 Å². The molecular weight excluding hydrogens is 288 g/mol. The van der Waals surface area contributed by atoms with Crippen LogP contribution in [0.15, 0.2) is 46.5 Å². The first-order valence-electron chi connectivity index (χ1n) is 6.20. The molecule has 0 saturated carbocycles. The summed E-state index contributed by atoms with van der Waals surface area (Å²) in [7, 11) is 0.